The average molecular weight is 401 g/mol. The minimum absolute atomic E-state index is 0.327. The maximum atomic E-state index is 12.5. The van der Waals surface area contributed by atoms with Crippen LogP contribution in [0.1, 0.15) is 61.5 Å². The lowest BCUT2D eigenvalue weighted by atomic mass is 9.96. The zero-order valence-electron chi connectivity index (χ0n) is 18.4. The summed E-state index contributed by atoms with van der Waals surface area (Å²) in [4.78, 5) is 12.5. The highest BCUT2D eigenvalue weighted by Gasteiger charge is 2.09. The van der Waals surface area contributed by atoms with Crippen LogP contribution in [0.4, 0.5) is 0 Å². The van der Waals surface area contributed by atoms with Gasteiger partial charge in [-0.1, -0.05) is 82.1 Å². The van der Waals surface area contributed by atoms with Gasteiger partial charge in [-0.25, -0.2) is 4.79 Å². The summed E-state index contributed by atoms with van der Waals surface area (Å²) in [5.74, 6) is 0.960. The van der Waals surface area contributed by atoms with Crippen LogP contribution >= 0.6 is 0 Å². The minimum atomic E-state index is -0.327. The first-order valence-electron chi connectivity index (χ1n) is 11.1. The highest BCUT2D eigenvalue weighted by Crippen LogP contribution is 2.23. The molecule has 1 atom stereocenters. The predicted octanol–water partition coefficient (Wildman–Crippen LogP) is 7.50. The van der Waals surface area contributed by atoms with Gasteiger partial charge in [0, 0.05) is 0 Å². The van der Waals surface area contributed by atoms with E-state index in [9.17, 15) is 4.79 Å². The van der Waals surface area contributed by atoms with Crippen molar-refractivity contribution in [2.75, 3.05) is 0 Å². The van der Waals surface area contributed by atoms with Crippen molar-refractivity contribution in [2.24, 2.45) is 5.92 Å². The standard InChI is InChI=1S/C28H32O2/c1-4-6-7-22-10-18-27(19-11-22)30-28(29)26-16-14-25(15-17-26)24-12-8-23(9-13-24)20-21(3)5-2/h8-19,21H,4-7,20H2,1-3H3. The van der Waals surface area contributed by atoms with Crippen LogP contribution in [-0.4, -0.2) is 5.97 Å². The van der Waals surface area contributed by atoms with Gasteiger partial charge in [0.15, 0.2) is 0 Å². The van der Waals surface area contributed by atoms with E-state index in [1.165, 1.54) is 30.4 Å². The third-order valence-corrected chi connectivity index (χ3v) is 5.64. The molecule has 156 valence electrons. The first-order chi connectivity index (χ1) is 14.6. The van der Waals surface area contributed by atoms with Crippen LogP contribution in [-0.2, 0) is 12.8 Å². The Labute approximate surface area is 180 Å². The van der Waals surface area contributed by atoms with Crippen LogP contribution in [0, 0.1) is 5.92 Å². The molecule has 2 heteroatoms. The quantitative estimate of drug-likeness (QED) is 0.274. The monoisotopic (exact) mass is 400 g/mol. The van der Waals surface area contributed by atoms with E-state index in [2.05, 4.69) is 45.0 Å². The fourth-order valence-corrected chi connectivity index (χ4v) is 3.45. The van der Waals surface area contributed by atoms with E-state index in [0.29, 0.717) is 17.2 Å². The van der Waals surface area contributed by atoms with Gasteiger partial charge in [0.05, 0.1) is 5.56 Å². The molecule has 0 bridgehead atoms. The fraction of sp³-hybridized carbons (Fsp3) is 0.321. The second-order valence-corrected chi connectivity index (χ2v) is 8.13. The van der Waals surface area contributed by atoms with Gasteiger partial charge in [0.25, 0.3) is 0 Å². The lowest BCUT2D eigenvalue weighted by molar-refractivity contribution is 0.0734. The molecule has 0 N–H and O–H groups in total. The SMILES string of the molecule is CCCCc1ccc(OC(=O)c2ccc(-c3ccc(CC(C)CC)cc3)cc2)cc1. The predicted molar refractivity (Wildman–Crippen MR) is 125 cm³/mol. The van der Waals surface area contributed by atoms with Gasteiger partial charge in [-0.3, -0.25) is 0 Å². The smallest absolute Gasteiger partial charge is 0.343 e. The van der Waals surface area contributed by atoms with Crippen molar-refractivity contribution in [1.82, 2.24) is 0 Å². The number of carbonyl (C=O) groups excluding carboxylic acids is 1. The highest BCUT2D eigenvalue weighted by atomic mass is 16.5. The van der Waals surface area contributed by atoms with Gasteiger partial charge in [-0.15, -0.1) is 0 Å². The van der Waals surface area contributed by atoms with Crippen molar-refractivity contribution < 1.29 is 9.53 Å². The molecule has 0 fully saturated rings. The summed E-state index contributed by atoms with van der Waals surface area (Å²) < 4.78 is 5.53. The normalized spacial score (nSPS) is 11.8. The number of esters is 1. The fourth-order valence-electron chi connectivity index (χ4n) is 3.45. The Hall–Kier alpha value is -2.87. The lowest BCUT2D eigenvalue weighted by Gasteiger charge is -2.10. The van der Waals surface area contributed by atoms with E-state index in [4.69, 9.17) is 4.74 Å². The lowest BCUT2D eigenvalue weighted by Crippen LogP contribution is -2.08. The molecular formula is C28H32O2. The summed E-state index contributed by atoms with van der Waals surface area (Å²) >= 11 is 0. The summed E-state index contributed by atoms with van der Waals surface area (Å²) in [6.45, 7) is 6.70. The molecule has 0 amide bonds. The Bertz CT molecular complexity index is 922. The van der Waals surface area contributed by atoms with Crippen LogP contribution in [0.2, 0.25) is 0 Å². The van der Waals surface area contributed by atoms with Crippen molar-refractivity contribution in [1.29, 1.82) is 0 Å². The Morgan fingerprint density at radius 2 is 1.37 bits per heavy atom. The van der Waals surface area contributed by atoms with Crippen LogP contribution < -0.4 is 4.74 Å². The summed E-state index contributed by atoms with van der Waals surface area (Å²) in [6.07, 6.45) is 5.72. The van der Waals surface area contributed by atoms with E-state index < -0.39 is 0 Å². The Morgan fingerprint density at radius 1 is 0.800 bits per heavy atom. The minimum Gasteiger partial charge on any atom is -0.423 e. The van der Waals surface area contributed by atoms with E-state index >= 15 is 0 Å². The molecule has 0 aliphatic carbocycles. The van der Waals surface area contributed by atoms with E-state index in [-0.39, 0.29) is 5.97 Å². The number of hydrogen-bond acceptors (Lipinski definition) is 2. The number of rotatable bonds is 9. The molecule has 3 aromatic carbocycles. The molecule has 2 nitrogen and oxygen atoms in total. The number of benzene rings is 3. The number of hydrogen-bond donors (Lipinski definition) is 0. The van der Waals surface area contributed by atoms with Gasteiger partial charge < -0.3 is 4.74 Å². The number of aryl methyl sites for hydroxylation is 1. The van der Waals surface area contributed by atoms with Gasteiger partial charge in [-0.2, -0.15) is 0 Å². The average Bonchev–Trinajstić information content (AvgIpc) is 2.79. The maximum absolute atomic E-state index is 12.5. The van der Waals surface area contributed by atoms with Crippen LogP contribution in [0.5, 0.6) is 5.75 Å². The Morgan fingerprint density at radius 3 is 1.93 bits per heavy atom. The molecule has 0 saturated carbocycles. The highest BCUT2D eigenvalue weighted by molar-refractivity contribution is 5.91. The first-order valence-corrected chi connectivity index (χ1v) is 11.1. The third kappa shape index (κ3) is 6.06. The summed E-state index contributed by atoms with van der Waals surface area (Å²) in [5.41, 5.74) is 5.46. The molecule has 0 spiro atoms. The van der Waals surface area contributed by atoms with E-state index in [1.807, 2.05) is 48.5 Å². The van der Waals surface area contributed by atoms with Crippen molar-refractivity contribution in [3.05, 3.63) is 89.5 Å². The van der Waals surface area contributed by atoms with E-state index in [0.717, 1.165) is 24.0 Å². The van der Waals surface area contributed by atoms with E-state index in [1.54, 1.807) is 0 Å². The molecular weight excluding hydrogens is 368 g/mol. The second kappa shape index (κ2) is 10.8. The second-order valence-electron chi connectivity index (χ2n) is 8.13. The number of unbranched alkanes of at least 4 members (excludes halogenated alkanes) is 1. The van der Waals surface area contributed by atoms with Crippen molar-refractivity contribution in [2.45, 2.75) is 52.9 Å². The molecule has 30 heavy (non-hydrogen) atoms. The van der Waals surface area contributed by atoms with Crippen LogP contribution in [0.25, 0.3) is 11.1 Å². The topological polar surface area (TPSA) is 26.3 Å². The van der Waals surface area contributed by atoms with Gasteiger partial charge >= 0.3 is 5.97 Å². The molecule has 0 saturated heterocycles. The summed E-state index contributed by atoms with van der Waals surface area (Å²) in [5, 5.41) is 0. The van der Waals surface area contributed by atoms with Gasteiger partial charge in [0.1, 0.15) is 5.75 Å². The van der Waals surface area contributed by atoms with Gasteiger partial charge in [0.2, 0.25) is 0 Å². The number of carbonyl (C=O) groups is 1. The molecule has 3 rings (SSSR count). The largest absolute Gasteiger partial charge is 0.423 e. The molecule has 1 unspecified atom stereocenters. The van der Waals surface area contributed by atoms with Crippen molar-refractivity contribution in [3.8, 4) is 16.9 Å². The summed E-state index contributed by atoms with van der Waals surface area (Å²) in [6, 6.07) is 24.2. The van der Waals surface area contributed by atoms with Crippen molar-refractivity contribution in [3.63, 3.8) is 0 Å². The zero-order chi connectivity index (χ0) is 21.3. The van der Waals surface area contributed by atoms with Crippen molar-refractivity contribution >= 4 is 5.97 Å². The molecule has 0 aliphatic rings. The third-order valence-electron chi connectivity index (χ3n) is 5.64. The Balaban J connectivity index is 1.61. The maximum Gasteiger partial charge on any atom is 0.343 e. The Kier molecular flexibility index (Phi) is 7.84. The molecule has 0 aliphatic heterocycles. The summed E-state index contributed by atoms with van der Waals surface area (Å²) in [7, 11) is 0. The van der Waals surface area contributed by atoms with Crippen LogP contribution in [0.3, 0.4) is 0 Å². The molecule has 0 aromatic heterocycles. The first kappa shape index (κ1) is 21.8. The van der Waals surface area contributed by atoms with Gasteiger partial charge in [-0.05, 0) is 71.7 Å². The molecule has 0 heterocycles. The zero-order valence-corrected chi connectivity index (χ0v) is 18.4. The molecule has 0 radical (unpaired) electrons. The number of ether oxygens (including phenoxy) is 1. The molecule has 3 aromatic rings. The van der Waals surface area contributed by atoms with Crippen LogP contribution in [0.15, 0.2) is 72.8 Å².